The predicted octanol–water partition coefficient (Wildman–Crippen LogP) is 4.90. The van der Waals surface area contributed by atoms with E-state index in [2.05, 4.69) is 6.07 Å². The van der Waals surface area contributed by atoms with Gasteiger partial charge in [0.15, 0.2) is 0 Å². The molecule has 0 aliphatic heterocycles. The molecule has 1 amide bonds. The number of benzene rings is 2. The van der Waals surface area contributed by atoms with Gasteiger partial charge >= 0.3 is 6.18 Å². The zero-order valence-electron chi connectivity index (χ0n) is 14.1. The standard InChI is InChI=1S/C20H18F3N2O/c21-20(22,23)13-8-9-14-17(10-13)25(11-12-4-1-2-5-12)16-7-3-6-15(18(14)16)19(24)26/h3,6-8,10,12H,1-2,4-5,11H2,(H2,24,26). The fourth-order valence-electron chi connectivity index (χ4n) is 4.07. The maximum Gasteiger partial charge on any atom is 0.416 e. The Hall–Kier alpha value is -2.50. The van der Waals surface area contributed by atoms with E-state index in [9.17, 15) is 18.0 Å². The maximum atomic E-state index is 13.2. The molecule has 1 aliphatic carbocycles. The van der Waals surface area contributed by atoms with Gasteiger partial charge in [-0.1, -0.05) is 18.9 Å². The molecule has 6 heteroatoms. The first-order valence-electron chi connectivity index (χ1n) is 8.70. The van der Waals surface area contributed by atoms with Crippen molar-refractivity contribution in [1.82, 2.24) is 4.57 Å². The number of nitrogens with zero attached hydrogens (tertiary/aromatic N) is 1. The van der Waals surface area contributed by atoms with E-state index >= 15 is 0 Å². The van der Waals surface area contributed by atoms with Gasteiger partial charge in [0, 0.05) is 28.4 Å². The van der Waals surface area contributed by atoms with Crippen molar-refractivity contribution in [2.45, 2.75) is 38.4 Å². The third-order valence-corrected chi connectivity index (χ3v) is 5.30. The fourth-order valence-corrected chi connectivity index (χ4v) is 4.07. The monoisotopic (exact) mass is 359 g/mol. The average Bonchev–Trinajstić information content (AvgIpc) is 3.21. The molecular formula is C20H18F3N2O. The third-order valence-electron chi connectivity index (χ3n) is 5.30. The van der Waals surface area contributed by atoms with Gasteiger partial charge in [-0.05, 0) is 49.1 Å². The van der Waals surface area contributed by atoms with Gasteiger partial charge in [-0.25, -0.2) is 0 Å². The number of hydrogen-bond acceptors (Lipinski definition) is 1. The van der Waals surface area contributed by atoms with Gasteiger partial charge in [0.2, 0.25) is 5.91 Å². The van der Waals surface area contributed by atoms with Crippen molar-refractivity contribution < 1.29 is 18.0 Å². The van der Waals surface area contributed by atoms with Crippen LogP contribution in [-0.2, 0) is 12.7 Å². The molecule has 0 saturated heterocycles. The molecule has 0 unspecified atom stereocenters. The third kappa shape index (κ3) is 2.73. The van der Waals surface area contributed by atoms with Crippen LogP contribution in [0.4, 0.5) is 13.2 Å². The summed E-state index contributed by atoms with van der Waals surface area (Å²) < 4.78 is 41.5. The van der Waals surface area contributed by atoms with Crippen LogP contribution in [0.1, 0.15) is 41.6 Å². The SMILES string of the molecule is NC(=O)c1cccc2c1c1[c]cc(C(F)(F)F)cc1n2CC1CCCC1. The quantitative estimate of drug-likeness (QED) is 0.710. The Morgan fingerprint density at radius 2 is 1.96 bits per heavy atom. The highest BCUT2D eigenvalue weighted by Crippen LogP contribution is 2.38. The lowest BCUT2D eigenvalue weighted by Gasteiger charge is -2.14. The molecule has 26 heavy (non-hydrogen) atoms. The minimum absolute atomic E-state index is 0.314. The molecule has 1 fully saturated rings. The predicted molar refractivity (Wildman–Crippen MR) is 93.8 cm³/mol. The molecule has 135 valence electrons. The number of alkyl halides is 3. The molecule has 0 spiro atoms. The molecule has 1 aliphatic rings. The van der Waals surface area contributed by atoms with Crippen molar-refractivity contribution in [1.29, 1.82) is 0 Å². The van der Waals surface area contributed by atoms with Crippen molar-refractivity contribution in [2.75, 3.05) is 0 Å². The van der Waals surface area contributed by atoms with Crippen molar-refractivity contribution in [3.63, 3.8) is 0 Å². The Balaban J connectivity index is 2.02. The Labute approximate surface area is 148 Å². The normalized spacial score (nSPS) is 16.0. The van der Waals surface area contributed by atoms with Gasteiger partial charge < -0.3 is 10.3 Å². The van der Waals surface area contributed by atoms with Gasteiger partial charge in [0.1, 0.15) is 0 Å². The van der Waals surface area contributed by atoms with E-state index in [0.717, 1.165) is 43.3 Å². The Morgan fingerprint density at radius 1 is 1.23 bits per heavy atom. The number of aromatic nitrogens is 1. The van der Waals surface area contributed by atoms with Crippen LogP contribution < -0.4 is 5.73 Å². The van der Waals surface area contributed by atoms with Crippen LogP contribution in [0.3, 0.4) is 0 Å². The molecule has 0 atom stereocenters. The summed E-state index contributed by atoms with van der Waals surface area (Å²) in [5.41, 5.74) is 6.27. The molecule has 1 aromatic heterocycles. The van der Waals surface area contributed by atoms with E-state index in [4.69, 9.17) is 5.73 Å². The van der Waals surface area contributed by atoms with Crippen molar-refractivity contribution in [2.24, 2.45) is 11.7 Å². The molecule has 1 heterocycles. The summed E-state index contributed by atoms with van der Waals surface area (Å²) >= 11 is 0. The van der Waals surface area contributed by atoms with E-state index in [0.29, 0.717) is 34.3 Å². The minimum Gasteiger partial charge on any atom is -0.366 e. The summed E-state index contributed by atoms with van der Waals surface area (Å²) in [5, 5.41) is 1.10. The molecule has 3 nitrogen and oxygen atoms in total. The fraction of sp³-hybridized carbons (Fsp3) is 0.350. The summed E-state index contributed by atoms with van der Waals surface area (Å²) in [7, 11) is 0. The second-order valence-electron chi connectivity index (χ2n) is 6.97. The summed E-state index contributed by atoms with van der Waals surface area (Å²) in [5.74, 6) is -0.163. The van der Waals surface area contributed by atoms with Gasteiger partial charge in [-0.2, -0.15) is 13.2 Å². The maximum absolute atomic E-state index is 13.2. The first-order valence-corrected chi connectivity index (χ1v) is 8.70. The number of carbonyl (C=O) groups is 1. The lowest BCUT2D eigenvalue weighted by Crippen LogP contribution is -2.11. The number of primary amides is 1. The molecule has 0 bridgehead atoms. The Bertz CT molecular complexity index is 998. The number of halogens is 3. The number of hydrogen-bond donors (Lipinski definition) is 1. The summed E-state index contributed by atoms with van der Waals surface area (Å²) in [6, 6.07) is 10.0. The van der Waals surface area contributed by atoms with Crippen molar-refractivity contribution in [3.05, 3.63) is 47.5 Å². The van der Waals surface area contributed by atoms with Gasteiger partial charge in [0.25, 0.3) is 0 Å². The topological polar surface area (TPSA) is 48.0 Å². The second-order valence-corrected chi connectivity index (χ2v) is 6.97. The smallest absolute Gasteiger partial charge is 0.366 e. The molecule has 3 aromatic rings. The van der Waals surface area contributed by atoms with Gasteiger partial charge in [-0.15, -0.1) is 0 Å². The van der Waals surface area contributed by atoms with E-state index in [1.165, 1.54) is 0 Å². The molecule has 2 N–H and O–H groups in total. The molecular weight excluding hydrogens is 341 g/mol. The average molecular weight is 359 g/mol. The highest BCUT2D eigenvalue weighted by atomic mass is 19.4. The highest BCUT2D eigenvalue weighted by molar-refractivity contribution is 6.17. The molecule has 2 aromatic carbocycles. The van der Waals surface area contributed by atoms with Crippen molar-refractivity contribution >= 4 is 27.7 Å². The molecule has 1 saturated carbocycles. The van der Waals surface area contributed by atoms with Gasteiger partial charge in [-0.3, -0.25) is 4.79 Å². The van der Waals surface area contributed by atoms with Crippen LogP contribution in [0.25, 0.3) is 21.8 Å². The zero-order valence-corrected chi connectivity index (χ0v) is 14.1. The largest absolute Gasteiger partial charge is 0.416 e. The van der Waals surface area contributed by atoms with Crippen LogP contribution in [0.5, 0.6) is 0 Å². The number of fused-ring (bicyclic) bond motifs is 3. The van der Waals surface area contributed by atoms with Gasteiger partial charge in [0.05, 0.1) is 11.1 Å². The molecule has 4 rings (SSSR count). The second kappa shape index (κ2) is 6.04. The van der Waals surface area contributed by atoms with E-state index in [1.807, 2.05) is 10.6 Å². The van der Waals surface area contributed by atoms with Crippen LogP contribution in [0.2, 0.25) is 0 Å². The van der Waals surface area contributed by atoms with Crippen molar-refractivity contribution in [3.8, 4) is 0 Å². The van der Waals surface area contributed by atoms with Crippen LogP contribution >= 0.6 is 0 Å². The Morgan fingerprint density at radius 3 is 2.62 bits per heavy atom. The van der Waals surface area contributed by atoms with Crippen LogP contribution in [0.15, 0.2) is 30.3 Å². The minimum atomic E-state index is -4.44. The number of carbonyl (C=O) groups excluding carboxylic acids is 1. The van der Waals surface area contributed by atoms with Crippen LogP contribution in [-0.4, -0.2) is 10.5 Å². The summed E-state index contributed by atoms with van der Waals surface area (Å²) in [6.07, 6.45) is -0.00687. The zero-order chi connectivity index (χ0) is 18.5. The van der Waals surface area contributed by atoms with E-state index < -0.39 is 17.6 Å². The highest BCUT2D eigenvalue weighted by Gasteiger charge is 2.31. The summed E-state index contributed by atoms with van der Waals surface area (Å²) in [4.78, 5) is 11.9. The lowest BCUT2D eigenvalue weighted by molar-refractivity contribution is -0.137. The number of rotatable bonds is 3. The first kappa shape index (κ1) is 16.9. The van der Waals surface area contributed by atoms with E-state index in [1.54, 1.807) is 12.1 Å². The first-order chi connectivity index (χ1) is 12.4. The lowest BCUT2D eigenvalue weighted by atomic mass is 10.0. The Kier molecular flexibility index (Phi) is 3.93. The number of amides is 1. The summed E-state index contributed by atoms with van der Waals surface area (Å²) in [6.45, 7) is 0.636. The number of nitrogens with two attached hydrogens (primary N) is 1. The molecule has 1 radical (unpaired) electrons. The van der Waals surface area contributed by atoms with E-state index in [-0.39, 0.29) is 0 Å². The van der Waals surface area contributed by atoms with Crippen LogP contribution in [0, 0.1) is 12.0 Å².